The largest absolute Gasteiger partial charge is 0.409 e. The lowest BCUT2D eigenvalue weighted by atomic mass is 10.2. The molecule has 0 radical (unpaired) electrons. The number of aromatic nitrogens is 2. The molecule has 0 amide bonds. The molecule has 0 saturated carbocycles. The summed E-state index contributed by atoms with van der Waals surface area (Å²) in [4.78, 5) is 0. The summed E-state index contributed by atoms with van der Waals surface area (Å²) in [6, 6.07) is 0. The number of nitrogens with zero attached hydrogens (tertiary/aromatic N) is 3. The molecule has 8 heteroatoms. The normalized spacial score (nSPS) is 11.9. The SMILES string of the molecule is CSc1nnc(SCCCCC(N)=NO)s1. The van der Waals surface area contributed by atoms with Crippen molar-refractivity contribution in [2.75, 3.05) is 12.0 Å². The van der Waals surface area contributed by atoms with Gasteiger partial charge in [-0.25, -0.2) is 0 Å². The Morgan fingerprint density at radius 3 is 2.81 bits per heavy atom. The molecule has 0 spiro atoms. The van der Waals surface area contributed by atoms with Crippen molar-refractivity contribution in [2.45, 2.75) is 27.9 Å². The van der Waals surface area contributed by atoms with Crippen LogP contribution in [0.2, 0.25) is 0 Å². The summed E-state index contributed by atoms with van der Waals surface area (Å²) in [7, 11) is 0. The van der Waals surface area contributed by atoms with Gasteiger partial charge in [0.2, 0.25) is 0 Å². The number of thioether (sulfide) groups is 2. The highest BCUT2D eigenvalue weighted by Crippen LogP contribution is 2.27. The molecule has 0 fully saturated rings. The van der Waals surface area contributed by atoms with Crippen LogP contribution in [0.1, 0.15) is 19.3 Å². The summed E-state index contributed by atoms with van der Waals surface area (Å²) in [6.07, 6.45) is 4.58. The van der Waals surface area contributed by atoms with Crippen molar-refractivity contribution < 1.29 is 5.21 Å². The third-order valence-electron chi connectivity index (χ3n) is 1.74. The lowest BCUT2D eigenvalue weighted by molar-refractivity contribution is 0.316. The molecule has 0 saturated heterocycles. The Hall–Kier alpha value is -0.470. The van der Waals surface area contributed by atoms with Gasteiger partial charge >= 0.3 is 0 Å². The number of unbranched alkanes of at least 4 members (excludes halogenated alkanes) is 1. The van der Waals surface area contributed by atoms with E-state index in [1.807, 2.05) is 6.26 Å². The van der Waals surface area contributed by atoms with E-state index in [2.05, 4.69) is 15.4 Å². The van der Waals surface area contributed by atoms with E-state index in [-0.39, 0.29) is 0 Å². The van der Waals surface area contributed by atoms with Crippen LogP contribution in [0.25, 0.3) is 0 Å². The van der Waals surface area contributed by atoms with Gasteiger partial charge in [-0.15, -0.1) is 10.2 Å². The van der Waals surface area contributed by atoms with Gasteiger partial charge in [0.15, 0.2) is 8.68 Å². The van der Waals surface area contributed by atoms with Crippen molar-refractivity contribution in [3.63, 3.8) is 0 Å². The first-order valence-electron chi connectivity index (χ1n) is 4.73. The van der Waals surface area contributed by atoms with Gasteiger partial charge in [0.25, 0.3) is 0 Å². The Kier molecular flexibility index (Phi) is 6.58. The smallest absolute Gasteiger partial charge is 0.175 e. The fourth-order valence-corrected chi connectivity index (χ4v) is 3.46. The summed E-state index contributed by atoms with van der Waals surface area (Å²) in [5.74, 6) is 1.28. The molecule has 1 aromatic heterocycles. The van der Waals surface area contributed by atoms with E-state index >= 15 is 0 Å². The fourth-order valence-electron chi connectivity index (χ4n) is 0.956. The number of nitrogens with two attached hydrogens (primary N) is 1. The Bertz CT molecular complexity index is 342. The van der Waals surface area contributed by atoms with E-state index in [1.54, 1.807) is 34.9 Å². The summed E-state index contributed by atoms with van der Waals surface area (Å²) in [5.41, 5.74) is 5.36. The minimum Gasteiger partial charge on any atom is -0.409 e. The zero-order valence-electron chi connectivity index (χ0n) is 8.92. The van der Waals surface area contributed by atoms with E-state index in [0.717, 1.165) is 27.3 Å². The van der Waals surface area contributed by atoms with Crippen LogP contribution < -0.4 is 5.73 Å². The maximum atomic E-state index is 8.34. The van der Waals surface area contributed by atoms with Crippen LogP contribution in [-0.4, -0.2) is 33.2 Å². The average molecular weight is 278 g/mol. The molecule has 0 aliphatic rings. The second-order valence-electron chi connectivity index (χ2n) is 2.93. The lowest BCUT2D eigenvalue weighted by Crippen LogP contribution is -2.10. The van der Waals surface area contributed by atoms with Gasteiger partial charge in [-0.3, -0.25) is 0 Å². The second-order valence-corrected chi connectivity index (χ2v) is 6.31. The van der Waals surface area contributed by atoms with Crippen molar-refractivity contribution >= 4 is 40.7 Å². The van der Waals surface area contributed by atoms with Crippen LogP contribution in [0.15, 0.2) is 13.8 Å². The zero-order chi connectivity index (χ0) is 11.8. The van der Waals surface area contributed by atoms with Crippen molar-refractivity contribution in [1.29, 1.82) is 0 Å². The minimum absolute atomic E-state index is 0.297. The number of oxime groups is 1. The van der Waals surface area contributed by atoms with Gasteiger partial charge in [0.05, 0.1) is 0 Å². The van der Waals surface area contributed by atoms with Crippen LogP contribution >= 0.6 is 34.9 Å². The van der Waals surface area contributed by atoms with Gasteiger partial charge < -0.3 is 10.9 Å². The summed E-state index contributed by atoms with van der Waals surface area (Å²) >= 11 is 4.93. The Labute approximate surface area is 107 Å². The number of hydrogen-bond acceptors (Lipinski definition) is 7. The molecule has 1 aromatic rings. The number of rotatable bonds is 7. The first-order chi connectivity index (χ1) is 7.76. The molecular formula is C8H14N4OS3. The van der Waals surface area contributed by atoms with Gasteiger partial charge in [0.1, 0.15) is 5.84 Å². The van der Waals surface area contributed by atoms with Crippen LogP contribution in [0.5, 0.6) is 0 Å². The maximum Gasteiger partial charge on any atom is 0.175 e. The number of amidine groups is 1. The highest BCUT2D eigenvalue weighted by atomic mass is 32.2. The topological polar surface area (TPSA) is 84.4 Å². The molecule has 5 nitrogen and oxygen atoms in total. The van der Waals surface area contributed by atoms with Gasteiger partial charge in [-0.2, -0.15) is 0 Å². The summed E-state index contributed by atoms with van der Waals surface area (Å²) < 4.78 is 2.01. The standard InChI is InChI=1S/C8H14N4OS3/c1-14-7-10-11-8(16-7)15-5-3-2-4-6(9)12-13/h13H,2-5H2,1H3,(H2,9,12). The van der Waals surface area contributed by atoms with Gasteiger partial charge in [-0.05, 0) is 19.1 Å². The summed E-state index contributed by atoms with van der Waals surface area (Å²) in [5, 5.41) is 19.3. The van der Waals surface area contributed by atoms with Crippen LogP contribution in [0.3, 0.4) is 0 Å². The molecule has 90 valence electrons. The Balaban J connectivity index is 2.11. The molecule has 0 aliphatic heterocycles. The number of hydrogen-bond donors (Lipinski definition) is 2. The quantitative estimate of drug-likeness (QED) is 0.199. The predicted molar refractivity (Wildman–Crippen MR) is 69.7 cm³/mol. The summed E-state index contributed by atoms with van der Waals surface area (Å²) in [6.45, 7) is 0. The van der Waals surface area contributed by atoms with Crippen molar-refractivity contribution in [1.82, 2.24) is 10.2 Å². The van der Waals surface area contributed by atoms with E-state index in [1.165, 1.54) is 0 Å². The molecule has 16 heavy (non-hydrogen) atoms. The molecule has 1 heterocycles. The lowest BCUT2D eigenvalue weighted by Gasteiger charge is -1.97. The van der Waals surface area contributed by atoms with Crippen molar-refractivity contribution in [2.24, 2.45) is 10.9 Å². The van der Waals surface area contributed by atoms with E-state index in [0.29, 0.717) is 12.3 Å². The highest BCUT2D eigenvalue weighted by molar-refractivity contribution is 8.02. The minimum atomic E-state index is 0.297. The predicted octanol–water partition coefficient (Wildman–Crippen LogP) is 2.27. The maximum absolute atomic E-state index is 8.34. The monoisotopic (exact) mass is 278 g/mol. The van der Waals surface area contributed by atoms with Crippen LogP contribution in [-0.2, 0) is 0 Å². The van der Waals surface area contributed by atoms with Gasteiger partial charge in [-0.1, -0.05) is 40.0 Å². The fraction of sp³-hybridized carbons (Fsp3) is 0.625. The molecule has 3 N–H and O–H groups in total. The van der Waals surface area contributed by atoms with E-state index in [9.17, 15) is 0 Å². The molecule has 0 aromatic carbocycles. The van der Waals surface area contributed by atoms with Crippen LogP contribution in [0, 0.1) is 0 Å². The van der Waals surface area contributed by atoms with E-state index < -0.39 is 0 Å². The molecular weight excluding hydrogens is 264 g/mol. The second kappa shape index (κ2) is 7.75. The van der Waals surface area contributed by atoms with Gasteiger partial charge in [0, 0.05) is 12.2 Å². The molecule has 0 aliphatic carbocycles. The molecule has 0 bridgehead atoms. The first kappa shape index (κ1) is 13.6. The molecule has 0 unspecified atom stereocenters. The van der Waals surface area contributed by atoms with E-state index in [4.69, 9.17) is 10.9 Å². The van der Waals surface area contributed by atoms with Crippen molar-refractivity contribution in [3.05, 3.63) is 0 Å². The molecule has 1 rings (SSSR count). The highest BCUT2D eigenvalue weighted by Gasteiger charge is 2.03. The first-order valence-corrected chi connectivity index (χ1v) is 7.75. The Morgan fingerprint density at radius 1 is 1.44 bits per heavy atom. The molecule has 0 atom stereocenters. The van der Waals surface area contributed by atoms with Crippen molar-refractivity contribution in [3.8, 4) is 0 Å². The zero-order valence-corrected chi connectivity index (χ0v) is 11.4. The van der Waals surface area contributed by atoms with Crippen LogP contribution in [0.4, 0.5) is 0 Å². The Morgan fingerprint density at radius 2 is 2.19 bits per heavy atom. The third-order valence-corrected chi connectivity index (χ3v) is 4.86. The third kappa shape index (κ3) is 5.04. The average Bonchev–Trinajstić information content (AvgIpc) is 2.76.